The summed E-state index contributed by atoms with van der Waals surface area (Å²) in [5.41, 5.74) is 0.676. The van der Waals surface area contributed by atoms with E-state index in [4.69, 9.17) is 9.47 Å². The van der Waals surface area contributed by atoms with E-state index in [0.29, 0.717) is 23.7 Å². The Kier molecular flexibility index (Phi) is 4.28. The smallest absolute Gasteiger partial charge is 0.316 e. The minimum absolute atomic E-state index is 0.107. The number of benzene rings is 2. The second-order valence-electron chi connectivity index (χ2n) is 5.31. The molecule has 0 bridgehead atoms. The molecule has 0 unspecified atom stereocenters. The van der Waals surface area contributed by atoms with Crippen LogP contribution in [-0.2, 0) is 9.59 Å². The van der Waals surface area contributed by atoms with Crippen LogP contribution < -0.4 is 14.4 Å². The molecular formula is C18H17NO4. The topological polar surface area (TPSA) is 55.8 Å². The molecule has 2 aromatic carbocycles. The Morgan fingerprint density at radius 2 is 1.78 bits per heavy atom. The molecule has 5 nitrogen and oxygen atoms in total. The summed E-state index contributed by atoms with van der Waals surface area (Å²) in [6.07, 6.45) is 0.143. The van der Waals surface area contributed by atoms with E-state index in [0.717, 1.165) is 0 Å². The van der Waals surface area contributed by atoms with Gasteiger partial charge in [-0.25, -0.2) is 0 Å². The van der Waals surface area contributed by atoms with E-state index in [2.05, 4.69) is 0 Å². The molecule has 1 aliphatic rings. The molecule has 0 spiro atoms. The minimum Gasteiger partial charge on any atom is -0.495 e. The number of esters is 1. The van der Waals surface area contributed by atoms with Gasteiger partial charge in [-0.1, -0.05) is 30.3 Å². The summed E-state index contributed by atoms with van der Waals surface area (Å²) in [6, 6.07) is 16.1. The van der Waals surface area contributed by atoms with Gasteiger partial charge in [0.2, 0.25) is 5.91 Å². The Bertz CT molecular complexity index is 714. The largest absolute Gasteiger partial charge is 0.495 e. The van der Waals surface area contributed by atoms with Crippen molar-refractivity contribution in [2.75, 3.05) is 18.6 Å². The summed E-state index contributed by atoms with van der Waals surface area (Å²) >= 11 is 0. The highest BCUT2D eigenvalue weighted by Gasteiger charge is 2.37. The maximum atomic E-state index is 12.3. The zero-order valence-electron chi connectivity index (χ0n) is 12.8. The van der Waals surface area contributed by atoms with Crippen molar-refractivity contribution < 1.29 is 19.1 Å². The molecule has 0 radical (unpaired) electrons. The van der Waals surface area contributed by atoms with Crippen molar-refractivity contribution in [2.24, 2.45) is 5.92 Å². The third-order valence-electron chi connectivity index (χ3n) is 3.80. The second kappa shape index (κ2) is 6.52. The Labute approximate surface area is 134 Å². The van der Waals surface area contributed by atoms with Crippen LogP contribution in [-0.4, -0.2) is 25.5 Å². The molecule has 1 heterocycles. The van der Waals surface area contributed by atoms with Gasteiger partial charge in [-0.2, -0.15) is 0 Å². The fourth-order valence-corrected chi connectivity index (χ4v) is 2.64. The van der Waals surface area contributed by atoms with Crippen LogP contribution in [0.4, 0.5) is 5.69 Å². The maximum Gasteiger partial charge on any atom is 0.316 e. The van der Waals surface area contributed by atoms with Crippen LogP contribution in [0.25, 0.3) is 0 Å². The molecule has 2 aromatic rings. The molecule has 3 rings (SSSR count). The number of anilines is 1. The predicted molar refractivity (Wildman–Crippen MR) is 85.5 cm³/mol. The van der Waals surface area contributed by atoms with Gasteiger partial charge in [-0.3, -0.25) is 9.59 Å². The normalized spacial score (nSPS) is 17.2. The number of methoxy groups -OCH3 is 1. The van der Waals surface area contributed by atoms with Crippen molar-refractivity contribution >= 4 is 17.6 Å². The van der Waals surface area contributed by atoms with Gasteiger partial charge in [-0.15, -0.1) is 0 Å². The predicted octanol–water partition coefficient (Wildman–Crippen LogP) is 2.65. The van der Waals surface area contributed by atoms with Crippen LogP contribution in [0, 0.1) is 5.92 Å². The highest BCUT2D eigenvalue weighted by molar-refractivity contribution is 6.00. The van der Waals surface area contributed by atoms with E-state index >= 15 is 0 Å². The van der Waals surface area contributed by atoms with Crippen LogP contribution in [0.15, 0.2) is 54.6 Å². The first kappa shape index (κ1) is 15.1. The number of rotatable bonds is 4. The van der Waals surface area contributed by atoms with Gasteiger partial charge in [0.15, 0.2) is 0 Å². The SMILES string of the molecule is COc1ccccc1N1C[C@@H](C(=O)Oc2ccccc2)CC1=O. The third-order valence-corrected chi connectivity index (χ3v) is 3.80. The molecular weight excluding hydrogens is 294 g/mol. The number of ether oxygens (including phenoxy) is 2. The molecule has 0 saturated carbocycles. The van der Waals surface area contributed by atoms with Crippen molar-refractivity contribution in [3.63, 3.8) is 0 Å². The highest BCUT2D eigenvalue weighted by Crippen LogP contribution is 2.33. The quantitative estimate of drug-likeness (QED) is 0.643. The minimum atomic E-state index is -0.479. The summed E-state index contributed by atoms with van der Waals surface area (Å²) < 4.78 is 10.6. The average molecular weight is 311 g/mol. The van der Waals surface area contributed by atoms with Crippen LogP contribution in [0.3, 0.4) is 0 Å². The van der Waals surface area contributed by atoms with Crippen molar-refractivity contribution in [3.05, 3.63) is 54.6 Å². The van der Waals surface area contributed by atoms with Crippen LogP contribution >= 0.6 is 0 Å². The highest BCUT2D eigenvalue weighted by atomic mass is 16.5. The lowest BCUT2D eigenvalue weighted by Gasteiger charge is -2.19. The molecule has 1 atom stereocenters. The summed E-state index contributed by atoms with van der Waals surface area (Å²) in [7, 11) is 1.56. The molecule has 1 aliphatic heterocycles. The average Bonchev–Trinajstić information content (AvgIpc) is 2.97. The lowest BCUT2D eigenvalue weighted by atomic mass is 10.1. The third kappa shape index (κ3) is 3.18. The summed E-state index contributed by atoms with van der Waals surface area (Å²) in [4.78, 5) is 26.1. The van der Waals surface area contributed by atoms with E-state index < -0.39 is 5.92 Å². The van der Waals surface area contributed by atoms with Gasteiger partial charge in [0, 0.05) is 13.0 Å². The van der Waals surface area contributed by atoms with E-state index in [1.165, 1.54) is 0 Å². The number of amides is 1. The molecule has 1 saturated heterocycles. The Morgan fingerprint density at radius 3 is 2.52 bits per heavy atom. The summed E-state index contributed by atoms with van der Waals surface area (Å²) in [5, 5.41) is 0. The number of nitrogens with zero attached hydrogens (tertiary/aromatic N) is 1. The standard InChI is InChI=1S/C18H17NO4/c1-22-16-10-6-5-9-15(16)19-12-13(11-17(19)20)18(21)23-14-7-3-2-4-8-14/h2-10,13H,11-12H2,1H3/t13-/m0/s1. The van der Waals surface area contributed by atoms with E-state index in [9.17, 15) is 9.59 Å². The van der Waals surface area contributed by atoms with E-state index in [-0.39, 0.29) is 18.3 Å². The van der Waals surface area contributed by atoms with Gasteiger partial charge < -0.3 is 14.4 Å². The number of hydrogen-bond donors (Lipinski definition) is 0. The summed E-state index contributed by atoms with van der Waals surface area (Å²) in [6.45, 7) is 0.297. The molecule has 0 N–H and O–H groups in total. The van der Waals surface area contributed by atoms with Gasteiger partial charge >= 0.3 is 5.97 Å². The lowest BCUT2D eigenvalue weighted by Crippen LogP contribution is -2.27. The van der Waals surface area contributed by atoms with Crippen LogP contribution in [0.2, 0.25) is 0 Å². The first-order valence-electron chi connectivity index (χ1n) is 7.39. The fraction of sp³-hybridized carbons (Fsp3) is 0.222. The zero-order chi connectivity index (χ0) is 16.2. The first-order valence-corrected chi connectivity index (χ1v) is 7.39. The van der Waals surface area contributed by atoms with Crippen LogP contribution in [0.1, 0.15) is 6.42 Å². The van der Waals surface area contributed by atoms with Crippen molar-refractivity contribution in [1.29, 1.82) is 0 Å². The van der Waals surface area contributed by atoms with Crippen molar-refractivity contribution in [3.8, 4) is 11.5 Å². The second-order valence-corrected chi connectivity index (χ2v) is 5.31. The lowest BCUT2D eigenvalue weighted by molar-refractivity contribution is -0.139. The van der Waals surface area contributed by atoms with Gasteiger partial charge in [0.1, 0.15) is 11.5 Å². The summed E-state index contributed by atoms with van der Waals surface area (Å²) in [5.74, 6) is 0.123. The van der Waals surface area contributed by atoms with E-state index in [1.54, 1.807) is 42.3 Å². The molecule has 23 heavy (non-hydrogen) atoms. The van der Waals surface area contributed by atoms with E-state index in [1.807, 2.05) is 24.3 Å². The van der Waals surface area contributed by atoms with Crippen LogP contribution in [0.5, 0.6) is 11.5 Å². The Balaban J connectivity index is 1.73. The fourth-order valence-electron chi connectivity index (χ4n) is 2.64. The molecule has 1 amide bonds. The molecule has 1 fully saturated rings. The molecule has 118 valence electrons. The molecule has 0 aromatic heterocycles. The van der Waals surface area contributed by atoms with Crippen molar-refractivity contribution in [1.82, 2.24) is 0 Å². The number of hydrogen-bond acceptors (Lipinski definition) is 4. The number of carbonyl (C=O) groups is 2. The van der Waals surface area contributed by atoms with Gasteiger partial charge in [0.05, 0.1) is 18.7 Å². The monoisotopic (exact) mass is 311 g/mol. The Morgan fingerprint density at radius 1 is 1.09 bits per heavy atom. The molecule has 5 heteroatoms. The van der Waals surface area contributed by atoms with Gasteiger partial charge in [-0.05, 0) is 24.3 Å². The maximum absolute atomic E-state index is 12.3. The van der Waals surface area contributed by atoms with Crippen molar-refractivity contribution in [2.45, 2.75) is 6.42 Å². The number of para-hydroxylation sites is 3. The molecule has 0 aliphatic carbocycles. The zero-order valence-corrected chi connectivity index (χ0v) is 12.8. The first-order chi connectivity index (χ1) is 11.2. The number of carbonyl (C=O) groups excluding carboxylic acids is 2. The Hall–Kier alpha value is -2.82. The van der Waals surface area contributed by atoms with Gasteiger partial charge in [0.25, 0.3) is 0 Å².